The summed E-state index contributed by atoms with van der Waals surface area (Å²) < 4.78 is 0. The Balaban J connectivity index is 2.42. The van der Waals surface area contributed by atoms with Crippen molar-refractivity contribution in [3.8, 4) is 11.3 Å². The molecule has 0 aliphatic rings. The summed E-state index contributed by atoms with van der Waals surface area (Å²) in [6.07, 6.45) is 0. The first-order valence-electron chi connectivity index (χ1n) is 4.76. The average molecular weight is 214 g/mol. The molecule has 0 aliphatic heterocycles. The number of carbonyl (C=O) groups excluding carboxylic acids is 1. The Morgan fingerprint density at radius 2 is 1.75 bits per heavy atom. The molecule has 80 valence electrons. The minimum atomic E-state index is -0.465. The summed E-state index contributed by atoms with van der Waals surface area (Å²) in [6, 6.07) is 11.7. The molecule has 0 atom stereocenters. The van der Waals surface area contributed by atoms with Crippen LogP contribution in [0.4, 0.5) is 0 Å². The Morgan fingerprint density at radius 3 is 2.31 bits per heavy atom. The third-order valence-corrected chi connectivity index (χ3v) is 2.25. The van der Waals surface area contributed by atoms with E-state index in [4.69, 9.17) is 5.73 Å². The zero-order valence-electron chi connectivity index (χ0n) is 8.44. The molecule has 0 saturated carbocycles. The van der Waals surface area contributed by atoms with Crippen molar-refractivity contribution in [1.82, 2.24) is 4.98 Å². The number of nitrogens with two attached hydrogens (primary N) is 1. The lowest BCUT2D eigenvalue weighted by Gasteiger charge is -2.01. The number of aromatic amines is 1. The molecule has 0 radical (unpaired) electrons. The molecule has 3 N–H and O–H groups in total. The van der Waals surface area contributed by atoms with Gasteiger partial charge in [-0.2, -0.15) is 0 Å². The molecule has 2 rings (SSSR count). The minimum Gasteiger partial charge on any atom is -0.366 e. The topological polar surface area (TPSA) is 76.0 Å². The first-order valence-corrected chi connectivity index (χ1v) is 4.76. The predicted molar refractivity (Wildman–Crippen MR) is 61.0 cm³/mol. The number of hydrogen-bond donors (Lipinski definition) is 2. The Morgan fingerprint density at radius 1 is 1.06 bits per heavy atom. The number of nitrogens with one attached hydrogen (secondary N) is 1. The molecule has 0 fully saturated rings. The van der Waals surface area contributed by atoms with Crippen LogP contribution in [0, 0.1) is 0 Å². The fourth-order valence-electron chi connectivity index (χ4n) is 1.43. The fraction of sp³-hybridized carbons (Fsp3) is 0. The van der Waals surface area contributed by atoms with Crippen molar-refractivity contribution in [1.29, 1.82) is 0 Å². The van der Waals surface area contributed by atoms with Crippen LogP contribution >= 0.6 is 0 Å². The van der Waals surface area contributed by atoms with Gasteiger partial charge in [-0.25, -0.2) is 0 Å². The molecule has 4 nitrogen and oxygen atoms in total. The number of pyridine rings is 1. The lowest BCUT2D eigenvalue weighted by atomic mass is 10.1. The van der Waals surface area contributed by atoms with Gasteiger partial charge in [-0.05, 0) is 23.8 Å². The molecule has 0 bridgehead atoms. The second-order valence-electron chi connectivity index (χ2n) is 3.37. The number of benzene rings is 1. The van der Waals surface area contributed by atoms with Gasteiger partial charge in [-0.3, -0.25) is 9.59 Å². The van der Waals surface area contributed by atoms with E-state index in [0.717, 1.165) is 5.56 Å². The normalized spacial score (nSPS) is 10.0. The van der Waals surface area contributed by atoms with Crippen molar-refractivity contribution < 1.29 is 4.79 Å². The number of rotatable bonds is 2. The zero-order valence-corrected chi connectivity index (χ0v) is 8.44. The van der Waals surface area contributed by atoms with Gasteiger partial charge in [0.1, 0.15) is 0 Å². The van der Waals surface area contributed by atoms with Gasteiger partial charge in [0.25, 0.3) is 0 Å². The number of primary amides is 1. The lowest BCUT2D eigenvalue weighted by Crippen LogP contribution is -2.10. The molecular weight excluding hydrogens is 204 g/mol. The van der Waals surface area contributed by atoms with Crippen LogP contribution in [0.3, 0.4) is 0 Å². The molecular formula is C12H10N2O2. The van der Waals surface area contributed by atoms with Gasteiger partial charge in [0.2, 0.25) is 11.5 Å². The van der Waals surface area contributed by atoms with Gasteiger partial charge in [0.15, 0.2) is 0 Å². The molecule has 0 spiro atoms. The molecule has 1 aromatic heterocycles. The quantitative estimate of drug-likeness (QED) is 0.786. The minimum absolute atomic E-state index is 0.156. The van der Waals surface area contributed by atoms with Crippen LogP contribution in [0.1, 0.15) is 10.4 Å². The summed E-state index contributed by atoms with van der Waals surface area (Å²) in [5, 5.41) is 0. The van der Waals surface area contributed by atoms with Gasteiger partial charge in [-0.1, -0.05) is 18.2 Å². The van der Waals surface area contributed by atoms with E-state index in [1.54, 1.807) is 36.4 Å². The highest BCUT2D eigenvalue weighted by Crippen LogP contribution is 2.15. The highest BCUT2D eigenvalue weighted by atomic mass is 16.1. The van der Waals surface area contributed by atoms with Crippen molar-refractivity contribution in [2.75, 3.05) is 0 Å². The largest absolute Gasteiger partial charge is 0.366 e. The number of H-pyrrole nitrogens is 1. The summed E-state index contributed by atoms with van der Waals surface area (Å²) in [6.45, 7) is 0. The first kappa shape index (κ1) is 10.2. The Kier molecular flexibility index (Phi) is 2.55. The third-order valence-electron chi connectivity index (χ3n) is 2.25. The number of amides is 1. The summed E-state index contributed by atoms with van der Waals surface area (Å²) in [7, 11) is 0. The van der Waals surface area contributed by atoms with Crippen LogP contribution < -0.4 is 11.3 Å². The molecule has 0 aliphatic carbocycles. The van der Waals surface area contributed by atoms with Crippen LogP contribution in [0.15, 0.2) is 47.3 Å². The van der Waals surface area contributed by atoms with E-state index in [9.17, 15) is 9.59 Å². The van der Waals surface area contributed by atoms with Crippen LogP contribution in [0.25, 0.3) is 11.3 Å². The van der Waals surface area contributed by atoms with Crippen molar-refractivity contribution in [2.45, 2.75) is 0 Å². The lowest BCUT2D eigenvalue weighted by molar-refractivity contribution is 0.100. The maximum Gasteiger partial charge on any atom is 0.248 e. The van der Waals surface area contributed by atoms with Crippen molar-refractivity contribution in [3.05, 3.63) is 58.4 Å². The van der Waals surface area contributed by atoms with Gasteiger partial charge in [0, 0.05) is 17.3 Å². The summed E-state index contributed by atoms with van der Waals surface area (Å²) in [5.74, 6) is -0.465. The molecule has 2 aromatic rings. The van der Waals surface area contributed by atoms with Gasteiger partial charge < -0.3 is 10.7 Å². The smallest absolute Gasteiger partial charge is 0.248 e. The molecule has 16 heavy (non-hydrogen) atoms. The predicted octanol–water partition coefficient (Wildman–Crippen LogP) is 1.14. The van der Waals surface area contributed by atoms with Crippen molar-refractivity contribution in [3.63, 3.8) is 0 Å². The monoisotopic (exact) mass is 214 g/mol. The number of hydrogen-bond acceptors (Lipinski definition) is 2. The maximum absolute atomic E-state index is 11.1. The zero-order chi connectivity index (χ0) is 11.5. The Hall–Kier alpha value is -2.36. The summed E-state index contributed by atoms with van der Waals surface area (Å²) >= 11 is 0. The van der Waals surface area contributed by atoms with Gasteiger partial charge in [0.05, 0.1) is 0 Å². The maximum atomic E-state index is 11.1. The molecule has 0 unspecified atom stereocenters. The Labute approximate surface area is 91.7 Å². The van der Waals surface area contributed by atoms with Gasteiger partial charge >= 0.3 is 0 Å². The van der Waals surface area contributed by atoms with E-state index in [1.807, 2.05) is 0 Å². The second-order valence-corrected chi connectivity index (χ2v) is 3.37. The van der Waals surface area contributed by atoms with Gasteiger partial charge in [-0.15, -0.1) is 0 Å². The summed E-state index contributed by atoms with van der Waals surface area (Å²) in [4.78, 5) is 24.7. The van der Waals surface area contributed by atoms with E-state index in [2.05, 4.69) is 4.98 Å². The average Bonchev–Trinajstić information content (AvgIpc) is 2.29. The molecule has 1 heterocycles. The molecule has 4 heteroatoms. The van der Waals surface area contributed by atoms with Crippen LogP contribution in [0.2, 0.25) is 0 Å². The molecule has 0 saturated heterocycles. The number of carbonyl (C=O) groups is 1. The van der Waals surface area contributed by atoms with E-state index in [0.29, 0.717) is 11.3 Å². The third kappa shape index (κ3) is 2.00. The van der Waals surface area contributed by atoms with E-state index in [1.165, 1.54) is 6.07 Å². The highest BCUT2D eigenvalue weighted by molar-refractivity contribution is 5.93. The highest BCUT2D eigenvalue weighted by Gasteiger charge is 2.01. The van der Waals surface area contributed by atoms with Crippen LogP contribution in [-0.4, -0.2) is 10.9 Å². The number of aromatic nitrogens is 1. The van der Waals surface area contributed by atoms with Crippen molar-refractivity contribution >= 4 is 5.91 Å². The van der Waals surface area contributed by atoms with E-state index >= 15 is 0 Å². The summed E-state index contributed by atoms with van der Waals surface area (Å²) in [5.41, 5.74) is 6.97. The van der Waals surface area contributed by atoms with Crippen molar-refractivity contribution in [2.24, 2.45) is 5.73 Å². The molecule has 1 amide bonds. The standard InChI is InChI=1S/C12H10N2O2/c13-12(16)9-6-4-8(5-7-9)10-2-1-3-11(15)14-10/h1-7H,(H2,13,16)(H,14,15). The second kappa shape index (κ2) is 4.02. The van der Waals surface area contributed by atoms with Crippen LogP contribution in [0.5, 0.6) is 0 Å². The molecule has 1 aromatic carbocycles. The SMILES string of the molecule is NC(=O)c1ccc(-c2cccc(=O)[nH]2)cc1. The fourth-order valence-corrected chi connectivity index (χ4v) is 1.43. The van der Waals surface area contributed by atoms with E-state index < -0.39 is 5.91 Å². The first-order chi connectivity index (χ1) is 7.66. The van der Waals surface area contributed by atoms with Crippen LogP contribution in [-0.2, 0) is 0 Å². The Bertz CT molecular complexity index is 570. The van der Waals surface area contributed by atoms with E-state index in [-0.39, 0.29) is 5.56 Å².